The summed E-state index contributed by atoms with van der Waals surface area (Å²) in [5, 5.41) is 7.02. The molecule has 5 nitrogen and oxygen atoms in total. The van der Waals surface area contributed by atoms with Crippen molar-refractivity contribution in [3.05, 3.63) is 68.4 Å². The Labute approximate surface area is 129 Å². The molecule has 3 aromatic rings. The predicted molar refractivity (Wildman–Crippen MR) is 81.9 cm³/mol. The van der Waals surface area contributed by atoms with Gasteiger partial charge in [-0.3, -0.25) is 4.79 Å². The number of rotatable bonds is 3. The van der Waals surface area contributed by atoms with Gasteiger partial charge in [-0.2, -0.15) is 0 Å². The first-order valence-electron chi connectivity index (χ1n) is 6.13. The first kappa shape index (κ1) is 13.8. The molecule has 1 N–H and O–H groups in total. The van der Waals surface area contributed by atoms with Gasteiger partial charge in [-0.1, -0.05) is 23.7 Å². The summed E-state index contributed by atoms with van der Waals surface area (Å²) in [6.07, 6.45) is 1.70. The van der Waals surface area contributed by atoms with E-state index in [0.717, 1.165) is 5.56 Å². The number of hydrogen-bond acceptors (Lipinski definition) is 4. The SMILES string of the molecule is O=c1c(-c2n[nH]c(=S)o2)cccn1Cc1cccc(Cl)c1. The van der Waals surface area contributed by atoms with Crippen LogP contribution in [0.5, 0.6) is 0 Å². The molecule has 0 atom stereocenters. The molecule has 0 aliphatic rings. The summed E-state index contributed by atoms with van der Waals surface area (Å²) in [6.45, 7) is 0.415. The third-order valence-corrected chi connectivity index (χ3v) is 3.34. The van der Waals surface area contributed by atoms with E-state index in [0.29, 0.717) is 17.1 Å². The Morgan fingerprint density at radius 2 is 2.19 bits per heavy atom. The van der Waals surface area contributed by atoms with Gasteiger partial charge in [-0.05, 0) is 42.0 Å². The highest BCUT2D eigenvalue weighted by Crippen LogP contribution is 2.14. The Morgan fingerprint density at radius 3 is 2.90 bits per heavy atom. The first-order chi connectivity index (χ1) is 10.1. The molecule has 0 unspecified atom stereocenters. The topological polar surface area (TPSA) is 63.8 Å². The summed E-state index contributed by atoms with van der Waals surface area (Å²) in [6, 6.07) is 10.8. The Hall–Kier alpha value is -2.18. The monoisotopic (exact) mass is 319 g/mol. The zero-order valence-electron chi connectivity index (χ0n) is 10.7. The molecule has 21 heavy (non-hydrogen) atoms. The van der Waals surface area contributed by atoms with E-state index in [9.17, 15) is 4.79 Å². The molecule has 106 valence electrons. The molecule has 0 bridgehead atoms. The van der Waals surface area contributed by atoms with E-state index in [2.05, 4.69) is 10.2 Å². The quantitative estimate of drug-likeness (QED) is 0.753. The molecule has 0 aliphatic heterocycles. The minimum absolute atomic E-state index is 0.134. The molecular weight excluding hydrogens is 310 g/mol. The van der Waals surface area contributed by atoms with Crippen LogP contribution in [0, 0.1) is 4.84 Å². The zero-order valence-corrected chi connectivity index (χ0v) is 12.3. The van der Waals surface area contributed by atoms with Gasteiger partial charge >= 0.3 is 0 Å². The van der Waals surface area contributed by atoms with E-state index in [-0.39, 0.29) is 16.3 Å². The molecule has 0 radical (unpaired) electrons. The van der Waals surface area contributed by atoms with Crippen LogP contribution < -0.4 is 5.56 Å². The fourth-order valence-electron chi connectivity index (χ4n) is 2.00. The summed E-state index contributed by atoms with van der Waals surface area (Å²) in [5.74, 6) is 0.186. The van der Waals surface area contributed by atoms with E-state index >= 15 is 0 Å². The van der Waals surface area contributed by atoms with Crippen molar-refractivity contribution >= 4 is 23.8 Å². The molecule has 0 aliphatic carbocycles. The summed E-state index contributed by atoms with van der Waals surface area (Å²) >= 11 is 10.8. The van der Waals surface area contributed by atoms with Crippen molar-refractivity contribution in [3.63, 3.8) is 0 Å². The number of halogens is 1. The third kappa shape index (κ3) is 2.96. The maximum Gasteiger partial charge on any atom is 0.284 e. The van der Waals surface area contributed by atoms with Gasteiger partial charge < -0.3 is 8.98 Å². The number of nitrogens with zero attached hydrogens (tertiary/aromatic N) is 2. The zero-order chi connectivity index (χ0) is 14.8. The van der Waals surface area contributed by atoms with Crippen LogP contribution in [0.4, 0.5) is 0 Å². The van der Waals surface area contributed by atoms with Crippen molar-refractivity contribution in [2.75, 3.05) is 0 Å². The van der Waals surface area contributed by atoms with E-state index in [4.69, 9.17) is 28.2 Å². The summed E-state index contributed by atoms with van der Waals surface area (Å²) in [7, 11) is 0. The molecule has 3 rings (SSSR count). The minimum Gasteiger partial charge on any atom is -0.409 e. The normalized spacial score (nSPS) is 10.7. The Kier molecular flexibility index (Phi) is 3.72. The molecule has 0 fully saturated rings. The average Bonchev–Trinajstić information content (AvgIpc) is 2.88. The first-order valence-corrected chi connectivity index (χ1v) is 6.92. The Morgan fingerprint density at radius 1 is 1.33 bits per heavy atom. The average molecular weight is 320 g/mol. The number of H-pyrrole nitrogens is 1. The largest absolute Gasteiger partial charge is 0.409 e. The standard InChI is InChI=1S/C14H10ClN3O2S/c15-10-4-1-3-9(7-10)8-18-6-2-5-11(13(18)19)12-16-17-14(21)20-12/h1-7H,8H2,(H,17,21). The highest BCUT2D eigenvalue weighted by Gasteiger charge is 2.11. The molecule has 0 amide bonds. The fourth-order valence-corrected chi connectivity index (χ4v) is 2.34. The fraction of sp³-hybridized carbons (Fsp3) is 0.0714. The second-order valence-electron chi connectivity index (χ2n) is 4.40. The van der Waals surface area contributed by atoms with Crippen molar-refractivity contribution in [2.45, 2.75) is 6.54 Å². The van der Waals surface area contributed by atoms with Gasteiger partial charge in [-0.25, -0.2) is 5.10 Å². The molecule has 1 aromatic carbocycles. The summed E-state index contributed by atoms with van der Waals surface area (Å²) in [5.41, 5.74) is 1.08. The van der Waals surface area contributed by atoms with Gasteiger partial charge in [0.15, 0.2) is 0 Å². The van der Waals surface area contributed by atoms with E-state index < -0.39 is 0 Å². The van der Waals surface area contributed by atoms with Gasteiger partial charge in [0.1, 0.15) is 5.56 Å². The number of hydrogen-bond donors (Lipinski definition) is 1. The minimum atomic E-state index is -0.206. The maximum atomic E-state index is 12.4. The van der Waals surface area contributed by atoms with E-state index in [1.54, 1.807) is 29.0 Å². The molecule has 2 heterocycles. The van der Waals surface area contributed by atoms with Gasteiger partial charge in [-0.15, -0.1) is 5.10 Å². The highest BCUT2D eigenvalue weighted by molar-refractivity contribution is 7.71. The second-order valence-corrected chi connectivity index (χ2v) is 5.21. The van der Waals surface area contributed by atoms with Crippen molar-refractivity contribution < 1.29 is 4.42 Å². The van der Waals surface area contributed by atoms with Crippen LogP contribution in [-0.4, -0.2) is 14.8 Å². The van der Waals surface area contributed by atoms with Crippen LogP contribution in [-0.2, 0) is 6.54 Å². The Balaban J connectivity index is 2.01. The number of benzene rings is 1. The van der Waals surface area contributed by atoms with Crippen LogP contribution in [0.1, 0.15) is 5.56 Å². The maximum absolute atomic E-state index is 12.4. The van der Waals surface area contributed by atoms with Gasteiger partial charge in [0.05, 0.1) is 6.54 Å². The molecule has 2 aromatic heterocycles. The van der Waals surface area contributed by atoms with Gasteiger partial charge in [0.25, 0.3) is 16.3 Å². The Bertz CT molecular complexity index is 897. The number of nitrogens with one attached hydrogen (secondary N) is 1. The lowest BCUT2D eigenvalue weighted by Gasteiger charge is -2.07. The highest BCUT2D eigenvalue weighted by atomic mass is 35.5. The lowest BCUT2D eigenvalue weighted by molar-refractivity contribution is 0.550. The van der Waals surface area contributed by atoms with Crippen LogP contribution >= 0.6 is 23.8 Å². The number of aromatic amines is 1. The van der Waals surface area contributed by atoms with E-state index in [1.165, 1.54) is 0 Å². The van der Waals surface area contributed by atoms with Crippen LogP contribution in [0.3, 0.4) is 0 Å². The van der Waals surface area contributed by atoms with Crippen molar-refractivity contribution in [2.24, 2.45) is 0 Å². The molecule has 7 heteroatoms. The number of aromatic nitrogens is 3. The van der Waals surface area contributed by atoms with Crippen LogP contribution in [0.2, 0.25) is 5.02 Å². The van der Waals surface area contributed by atoms with Crippen molar-refractivity contribution in [1.82, 2.24) is 14.8 Å². The smallest absolute Gasteiger partial charge is 0.284 e. The molecular formula is C14H10ClN3O2S. The molecule has 0 spiro atoms. The van der Waals surface area contributed by atoms with E-state index in [1.807, 2.05) is 18.2 Å². The number of pyridine rings is 1. The lowest BCUT2D eigenvalue weighted by atomic mass is 10.2. The summed E-state index contributed by atoms with van der Waals surface area (Å²) in [4.78, 5) is 12.6. The third-order valence-electron chi connectivity index (χ3n) is 2.93. The summed E-state index contributed by atoms with van der Waals surface area (Å²) < 4.78 is 6.75. The van der Waals surface area contributed by atoms with Crippen LogP contribution in [0.25, 0.3) is 11.5 Å². The second kappa shape index (κ2) is 5.67. The molecule has 0 saturated carbocycles. The predicted octanol–water partition coefficient (Wildman–Crippen LogP) is 3.26. The lowest BCUT2D eigenvalue weighted by Crippen LogP contribution is -2.21. The molecule has 0 saturated heterocycles. The van der Waals surface area contributed by atoms with Crippen molar-refractivity contribution in [1.29, 1.82) is 0 Å². The van der Waals surface area contributed by atoms with Crippen molar-refractivity contribution in [3.8, 4) is 11.5 Å². The van der Waals surface area contributed by atoms with Gasteiger partial charge in [0.2, 0.25) is 0 Å². The van der Waals surface area contributed by atoms with Crippen LogP contribution in [0.15, 0.2) is 51.8 Å². The van der Waals surface area contributed by atoms with Gasteiger partial charge in [0, 0.05) is 11.2 Å².